The first-order valence-electron chi connectivity index (χ1n) is 13.9. The molecule has 0 amide bonds. The largest absolute Gasteiger partial charge is 0.493 e. The van der Waals surface area contributed by atoms with E-state index in [9.17, 15) is 13.2 Å². The smallest absolute Gasteiger partial charge is 0.269 e. The third-order valence-electron chi connectivity index (χ3n) is 8.24. The highest BCUT2D eigenvalue weighted by Crippen LogP contribution is 2.46. The normalized spacial score (nSPS) is 24.9. The third-order valence-corrected chi connectivity index (χ3v) is 8.24. The van der Waals surface area contributed by atoms with Crippen molar-refractivity contribution in [2.75, 3.05) is 45.4 Å². The maximum absolute atomic E-state index is 14.9. The number of fused-ring (bicyclic) bond motifs is 1. The lowest BCUT2D eigenvalue weighted by atomic mass is 9.77. The Balaban J connectivity index is 1.35. The Morgan fingerprint density at radius 2 is 1.67 bits per heavy atom. The Kier molecular flexibility index (Phi) is 9.20. The van der Waals surface area contributed by atoms with Crippen LogP contribution in [0.1, 0.15) is 49.1 Å². The van der Waals surface area contributed by atoms with E-state index in [0.717, 1.165) is 56.4 Å². The predicted octanol–water partition coefficient (Wildman–Crippen LogP) is 6.17. The van der Waals surface area contributed by atoms with Crippen molar-refractivity contribution in [2.24, 2.45) is 11.8 Å². The van der Waals surface area contributed by atoms with Gasteiger partial charge in [-0.2, -0.15) is 0 Å². The second kappa shape index (κ2) is 12.8. The number of anilines is 1. The van der Waals surface area contributed by atoms with E-state index < -0.39 is 24.4 Å². The molecule has 2 aromatic carbocycles. The molecule has 0 saturated carbocycles. The third kappa shape index (κ3) is 6.31. The molecule has 6 nitrogen and oxygen atoms in total. The van der Waals surface area contributed by atoms with Crippen LogP contribution < -0.4 is 14.4 Å². The fourth-order valence-electron chi connectivity index (χ4n) is 6.13. The van der Waals surface area contributed by atoms with Gasteiger partial charge in [0, 0.05) is 68.8 Å². The van der Waals surface area contributed by atoms with Gasteiger partial charge in [-0.15, -0.1) is 0 Å². The van der Waals surface area contributed by atoms with Crippen LogP contribution in [0.2, 0.25) is 0 Å². The van der Waals surface area contributed by atoms with Crippen LogP contribution in [0, 0.1) is 11.8 Å². The minimum atomic E-state index is -3.09. The van der Waals surface area contributed by atoms with Crippen molar-refractivity contribution in [3.63, 3.8) is 0 Å². The van der Waals surface area contributed by atoms with Gasteiger partial charge in [0.2, 0.25) is 0 Å². The molecule has 3 aliphatic rings. The average molecular weight is 550 g/mol. The van der Waals surface area contributed by atoms with E-state index in [1.165, 1.54) is 0 Å². The molecule has 9 heteroatoms. The van der Waals surface area contributed by atoms with Crippen LogP contribution in [0.4, 0.5) is 18.9 Å². The van der Waals surface area contributed by atoms with Gasteiger partial charge in [0.25, 0.3) is 6.43 Å². The summed E-state index contributed by atoms with van der Waals surface area (Å²) in [5, 5.41) is 0. The van der Waals surface area contributed by atoms with E-state index >= 15 is 0 Å². The van der Waals surface area contributed by atoms with Gasteiger partial charge in [-0.25, -0.2) is 13.2 Å². The number of methoxy groups -OCH3 is 2. The number of hydrogen-bond donors (Lipinski definition) is 0. The zero-order valence-corrected chi connectivity index (χ0v) is 22.6. The lowest BCUT2D eigenvalue weighted by Crippen LogP contribution is -2.39. The number of nitrogens with zero attached hydrogens (tertiary/aromatic N) is 1. The lowest BCUT2D eigenvalue weighted by Gasteiger charge is -2.37. The molecule has 0 bridgehead atoms. The van der Waals surface area contributed by atoms with Crippen molar-refractivity contribution in [3.05, 3.63) is 53.6 Å². The van der Waals surface area contributed by atoms with Crippen LogP contribution in [0.15, 0.2) is 42.5 Å². The summed E-state index contributed by atoms with van der Waals surface area (Å²) in [7, 11) is 3.33. The van der Waals surface area contributed by atoms with Crippen LogP contribution in [-0.2, 0) is 14.2 Å². The number of alkyl halides is 3. The van der Waals surface area contributed by atoms with Crippen LogP contribution in [-0.4, -0.2) is 65.7 Å². The maximum atomic E-state index is 14.9. The molecule has 0 aromatic heterocycles. The van der Waals surface area contributed by atoms with E-state index in [1.54, 1.807) is 26.4 Å². The average Bonchev–Trinajstić information content (AvgIpc) is 2.98. The number of rotatable bonds is 9. The monoisotopic (exact) mass is 549 g/mol. The second-order valence-electron chi connectivity index (χ2n) is 10.6. The first-order chi connectivity index (χ1) is 19.0. The molecule has 3 heterocycles. The first-order valence-corrected chi connectivity index (χ1v) is 13.9. The van der Waals surface area contributed by atoms with Crippen molar-refractivity contribution in [3.8, 4) is 11.5 Å². The van der Waals surface area contributed by atoms with Crippen molar-refractivity contribution < 1.29 is 36.9 Å². The van der Waals surface area contributed by atoms with Crippen LogP contribution in [0.5, 0.6) is 11.5 Å². The number of hydrogen-bond acceptors (Lipinski definition) is 6. The fourth-order valence-corrected chi connectivity index (χ4v) is 6.13. The van der Waals surface area contributed by atoms with Gasteiger partial charge in [0.1, 0.15) is 11.5 Å². The molecule has 214 valence electrons. The quantitative estimate of drug-likeness (QED) is 0.349. The van der Waals surface area contributed by atoms with Gasteiger partial charge < -0.3 is 28.6 Å². The highest BCUT2D eigenvalue weighted by Gasteiger charge is 2.42. The van der Waals surface area contributed by atoms with Crippen molar-refractivity contribution in [1.82, 2.24) is 0 Å². The van der Waals surface area contributed by atoms with Gasteiger partial charge in [-0.1, -0.05) is 18.2 Å². The molecule has 0 aliphatic carbocycles. The minimum absolute atomic E-state index is 0.137. The molecule has 3 aliphatic heterocycles. The van der Waals surface area contributed by atoms with E-state index in [1.807, 2.05) is 30.3 Å². The van der Waals surface area contributed by atoms with Crippen LogP contribution in [0.3, 0.4) is 0 Å². The molecular formula is C30H38F3NO5. The summed E-state index contributed by atoms with van der Waals surface area (Å²) in [6.45, 7) is 2.25. The number of ether oxygens (including phenoxy) is 5. The summed E-state index contributed by atoms with van der Waals surface area (Å²) < 4.78 is 70.3. The molecular weight excluding hydrogens is 511 g/mol. The first kappa shape index (κ1) is 28.1. The van der Waals surface area contributed by atoms with Gasteiger partial charge in [-0.05, 0) is 49.4 Å². The Bertz CT molecular complexity index is 1050. The topological polar surface area (TPSA) is 49.4 Å². The maximum Gasteiger partial charge on any atom is 0.269 e. The summed E-state index contributed by atoms with van der Waals surface area (Å²) in [4.78, 5) is 2.30. The highest BCUT2D eigenvalue weighted by atomic mass is 19.3. The molecule has 2 saturated heterocycles. The summed E-state index contributed by atoms with van der Waals surface area (Å²) in [5.74, 6) is -0.117. The van der Waals surface area contributed by atoms with Gasteiger partial charge in [-0.3, -0.25) is 0 Å². The molecule has 2 fully saturated rings. The van der Waals surface area contributed by atoms with Gasteiger partial charge in [0.15, 0.2) is 18.8 Å². The highest BCUT2D eigenvalue weighted by molar-refractivity contribution is 5.53. The number of piperidine rings is 1. The second-order valence-corrected chi connectivity index (χ2v) is 10.6. The molecule has 39 heavy (non-hydrogen) atoms. The summed E-state index contributed by atoms with van der Waals surface area (Å²) in [6, 6.07) is 13.2. The van der Waals surface area contributed by atoms with Crippen LogP contribution >= 0.6 is 0 Å². The SMILES string of the molecule is COC(OC)C1CCN(c2ccc(C3c4ccc(OC5CCCCO5)cc4OCC3C(F)C(F)F)cc2)CC1. The lowest BCUT2D eigenvalue weighted by molar-refractivity contribution is -0.141. The Labute approximate surface area is 228 Å². The van der Waals surface area contributed by atoms with E-state index in [4.69, 9.17) is 23.7 Å². The Hall–Kier alpha value is -2.49. The molecule has 4 unspecified atom stereocenters. The van der Waals surface area contributed by atoms with Crippen molar-refractivity contribution in [2.45, 2.75) is 63.2 Å². The zero-order chi connectivity index (χ0) is 27.4. The minimum Gasteiger partial charge on any atom is -0.493 e. The van der Waals surface area contributed by atoms with Gasteiger partial charge >= 0.3 is 0 Å². The van der Waals surface area contributed by atoms with Crippen molar-refractivity contribution in [1.29, 1.82) is 0 Å². The van der Waals surface area contributed by atoms with Crippen molar-refractivity contribution >= 4 is 5.69 Å². The number of benzene rings is 2. The van der Waals surface area contributed by atoms with Gasteiger partial charge in [0.05, 0.1) is 13.2 Å². The summed E-state index contributed by atoms with van der Waals surface area (Å²) in [5.41, 5.74) is 2.52. The summed E-state index contributed by atoms with van der Waals surface area (Å²) >= 11 is 0. The Morgan fingerprint density at radius 1 is 0.923 bits per heavy atom. The predicted molar refractivity (Wildman–Crippen MR) is 142 cm³/mol. The van der Waals surface area contributed by atoms with Crippen LogP contribution in [0.25, 0.3) is 0 Å². The zero-order valence-electron chi connectivity index (χ0n) is 22.6. The summed E-state index contributed by atoms with van der Waals surface area (Å²) in [6.07, 6.45) is -1.16. The molecule has 0 N–H and O–H groups in total. The standard InChI is InChI=1S/C30H38F3NO5/c1-35-30(36-2)20-12-14-34(15-13-20)21-8-6-19(7-9-21)27-23-11-10-22(39-26-5-3-4-16-37-26)17-25(23)38-18-24(27)28(31)29(32)33/h6-11,17,20,24,26-30H,3-5,12-16,18H2,1-2H3. The molecule has 5 rings (SSSR count). The molecule has 4 atom stereocenters. The van der Waals surface area contributed by atoms with E-state index in [0.29, 0.717) is 29.6 Å². The number of halogens is 3. The molecule has 2 aromatic rings. The molecule has 0 spiro atoms. The Morgan fingerprint density at radius 3 is 2.31 bits per heavy atom. The molecule has 0 radical (unpaired) electrons. The van der Waals surface area contributed by atoms with E-state index in [-0.39, 0.29) is 19.2 Å². The fraction of sp³-hybridized carbons (Fsp3) is 0.600. The van der Waals surface area contributed by atoms with E-state index in [2.05, 4.69) is 4.90 Å².